The Balaban J connectivity index is 1.69. The smallest absolute Gasteiger partial charge is 0.346 e. The number of hydrogen-bond acceptors (Lipinski definition) is 5. The predicted molar refractivity (Wildman–Crippen MR) is 96.9 cm³/mol. The number of furan rings is 1. The third kappa shape index (κ3) is 2.93. The average molecular weight is 368 g/mol. The SMILES string of the molecule is Cc1nn(Cc2n[nH]c(=S)n2-c2ccccc2)c(=O)n1Cc1ccco1. The van der Waals surface area contributed by atoms with Gasteiger partial charge in [0.1, 0.15) is 18.1 Å². The van der Waals surface area contributed by atoms with Crippen LogP contribution in [-0.4, -0.2) is 29.1 Å². The Hall–Kier alpha value is -3.20. The molecule has 0 saturated carbocycles. The van der Waals surface area contributed by atoms with Gasteiger partial charge in [-0.2, -0.15) is 10.2 Å². The molecule has 3 heterocycles. The standard InChI is InChI=1S/C17H16N6O2S/c1-12-20-22(17(24)21(12)10-14-8-5-9-25-14)11-15-18-19-16(26)23(15)13-6-3-2-4-7-13/h2-9H,10-11H2,1H3,(H,19,26). The fourth-order valence-electron chi connectivity index (χ4n) is 2.81. The molecule has 9 heteroatoms. The van der Waals surface area contributed by atoms with Crippen molar-refractivity contribution in [2.45, 2.75) is 20.0 Å². The van der Waals surface area contributed by atoms with Crippen LogP contribution in [-0.2, 0) is 13.1 Å². The number of rotatable bonds is 5. The lowest BCUT2D eigenvalue weighted by Gasteiger charge is -2.06. The molecule has 4 rings (SSSR count). The first-order chi connectivity index (χ1) is 12.6. The van der Waals surface area contributed by atoms with Crippen molar-refractivity contribution in [2.24, 2.45) is 0 Å². The molecule has 0 radical (unpaired) electrons. The van der Waals surface area contributed by atoms with E-state index >= 15 is 0 Å². The zero-order valence-corrected chi connectivity index (χ0v) is 14.8. The largest absolute Gasteiger partial charge is 0.467 e. The Labute approximate surface area is 153 Å². The first-order valence-electron chi connectivity index (χ1n) is 8.02. The van der Waals surface area contributed by atoms with Crippen LogP contribution in [0.4, 0.5) is 0 Å². The van der Waals surface area contributed by atoms with Crippen LogP contribution in [0.5, 0.6) is 0 Å². The number of para-hydroxylation sites is 1. The number of benzene rings is 1. The van der Waals surface area contributed by atoms with E-state index in [0.717, 1.165) is 5.69 Å². The summed E-state index contributed by atoms with van der Waals surface area (Å²) in [6, 6.07) is 13.2. The van der Waals surface area contributed by atoms with Crippen molar-refractivity contribution < 1.29 is 4.42 Å². The Kier molecular flexibility index (Phi) is 4.13. The number of aryl methyl sites for hydroxylation is 1. The number of nitrogens with one attached hydrogen (secondary N) is 1. The van der Waals surface area contributed by atoms with Crippen LogP contribution in [0.25, 0.3) is 5.69 Å². The van der Waals surface area contributed by atoms with Crippen LogP contribution in [0.2, 0.25) is 0 Å². The van der Waals surface area contributed by atoms with Gasteiger partial charge in [0, 0.05) is 5.69 Å². The predicted octanol–water partition coefficient (Wildman–Crippen LogP) is 2.29. The molecule has 0 aliphatic carbocycles. The fourth-order valence-corrected chi connectivity index (χ4v) is 3.06. The Morgan fingerprint density at radius 1 is 1.15 bits per heavy atom. The maximum atomic E-state index is 12.7. The molecule has 4 aromatic rings. The van der Waals surface area contributed by atoms with Crippen molar-refractivity contribution in [1.29, 1.82) is 0 Å². The number of H-pyrrole nitrogens is 1. The monoisotopic (exact) mass is 368 g/mol. The van der Waals surface area contributed by atoms with Crippen LogP contribution in [0, 0.1) is 11.7 Å². The van der Waals surface area contributed by atoms with Gasteiger partial charge in [-0.25, -0.2) is 9.48 Å². The summed E-state index contributed by atoms with van der Waals surface area (Å²) < 4.78 is 10.5. The van der Waals surface area contributed by atoms with E-state index in [9.17, 15) is 4.79 Å². The molecule has 0 spiro atoms. The van der Waals surface area contributed by atoms with Gasteiger partial charge in [0.2, 0.25) is 0 Å². The molecule has 0 saturated heterocycles. The van der Waals surface area contributed by atoms with E-state index < -0.39 is 0 Å². The summed E-state index contributed by atoms with van der Waals surface area (Å²) in [6.07, 6.45) is 1.58. The number of nitrogens with zero attached hydrogens (tertiary/aromatic N) is 5. The molecule has 0 aliphatic rings. The first kappa shape index (κ1) is 16.3. The molecule has 26 heavy (non-hydrogen) atoms. The summed E-state index contributed by atoms with van der Waals surface area (Å²) >= 11 is 5.33. The van der Waals surface area contributed by atoms with Crippen LogP contribution in [0.1, 0.15) is 17.4 Å². The van der Waals surface area contributed by atoms with Crippen LogP contribution in [0.3, 0.4) is 0 Å². The summed E-state index contributed by atoms with van der Waals surface area (Å²) in [7, 11) is 0. The summed E-state index contributed by atoms with van der Waals surface area (Å²) in [5.41, 5.74) is 0.647. The zero-order valence-electron chi connectivity index (χ0n) is 14.0. The van der Waals surface area contributed by atoms with Gasteiger partial charge in [0.25, 0.3) is 0 Å². The Morgan fingerprint density at radius 2 is 1.96 bits per heavy atom. The molecule has 0 bridgehead atoms. The van der Waals surface area contributed by atoms with Gasteiger partial charge in [-0.3, -0.25) is 14.2 Å². The van der Waals surface area contributed by atoms with E-state index in [1.165, 1.54) is 4.68 Å². The maximum Gasteiger partial charge on any atom is 0.346 e. The number of hydrogen-bond donors (Lipinski definition) is 1. The highest BCUT2D eigenvalue weighted by Crippen LogP contribution is 2.11. The molecule has 0 fully saturated rings. The molecule has 0 amide bonds. The number of aromatic amines is 1. The van der Waals surface area contributed by atoms with Crippen LogP contribution < -0.4 is 5.69 Å². The van der Waals surface area contributed by atoms with Crippen molar-refractivity contribution in [2.75, 3.05) is 0 Å². The highest BCUT2D eigenvalue weighted by molar-refractivity contribution is 7.71. The molecule has 8 nitrogen and oxygen atoms in total. The van der Waals surface area contributed by atoms with Crippen molar-refractivity contribution in [3.8, 4) is 5.69 Å². The van der Waals surface area contributed by atoms with E-state index in [1.54, 1.807) is 28.4 Å². The molecular weight excluding hydrogens is 352 g/mol. The summed E-state index contributed by atoms with van der Waals surface area (Å²) in [5, 5.41) is 11.4. The van der Waals surface area contributed by atoms with Crippen molar-refractivity contribution >= 4 is 12.2 Å². The molecule has 1 aromatic carbocycles. The van der Waals surface area contributed by atoms with Gasteiger partial charge in [-0.1, -0.05) is 18.2 Å². The molecule has 1 N–H and O–H groups in total. The lowest BCUT2D eigenvalue weighted by Crippen LogP contribution is -2.27. The van der Waals surface area contributed by atoms with Crippen molar-refractivity contribution in [1.82, 2.24) is 29.1 Å². The average Bonchev–Trinajstić information content (AvgIpc) is 3.34. The van der Waals surface area contributed by atoms with E-state index in [-0.39, 0.29) is 12.2 Å². The van der Waals surface area contributed by atoms with Gasteiger partial charge in [0.05, 0.1) is 12.8 Å². The maximum absolute atomic E-state index is 12.7. The highest BCUT2D eigenvalue weighted by Gasteiger charge is 2.15. The van der Waals surface area contributed by atoms with E-state index in [0.29, 0.717) is 28.7 Å². The minimum Gasteiger partial charge on any atom is -0.467 e. The molecule has 132 valence electrons. The van der Waals surface area contributed by atoms with Gasteiger partial charge < -0.3 is 4.42 Å². The normalized spacial score (nSPS) is 11.1. The van der Waals surface area contributed by atoms with Gasteiger partial charge in [0.15, 0.2) is 10.6 Å². The van der Waals surface area contributed by atoms with Gasteiger partial charge >= 0.3 is 5.69 Å². The molecule has 0 aliphatic heterocycles. The molecule has 0 atom stereocenters. The van der Waals surface area contributed by atoms with E-state index in [2.05, 4.69) is 15.3 Å². The van der Waals surface area contributed by atoms with Crippen LogP contribution in [0.15, 0.2) is 57.9 Å². The summed E-state index contributed by atoms with van der Waals surface area (Å²) in [5.74, 6) is 1.90. The Bertz CT molecular complexity index is 1130. The highest BCUT2D eigenvalue weighted by atomic mass is 32.1. The van der Waals surface area contributed by atoms with Crippen molar-refractivity contribution in [3.05, 3.63) is 81.4 Å². The molecule has 0 unspecified atom stereocenters. The van der Waals surface area contributed by atoms with Crippen LogP contribution >= 0.6 is 12.2 Å². The lowest BCUT2D eigenvalue weighted by molar-refractivity contribution is 0.485. The van der Waals surface area contributed by atoms with Gasteiger partial charge in [-0.05, 0) is 43.4 Å². The minimum absolute atomic E-state index is 0.201. The molecular formula is C17H16N6O2S. The quantitative estimate of drug-likeness (QED) is 0.546. The van der Waals surface area contributed by atoms with Gasteiger partial charge in [-0.15, -0.1) is 0 Å². The topological polar surface area (TPSA) is 86.6 Å². The minimum atomic E-state index is -0.229. The lowest BCUT2D eigenvalue weighted by atomic mass is 10.3. The van der Waals surface area contributed by atoms with E-state index in [4.69, 9.17) is 16.6 Å². The fraction of sp³-hybridized carbons (Fsp3) is 0.176. The summed E-state index contributed by atoms with van der Waals surface area (Å²) in [4.78, 5) is 12.7. The Morgan fingerprint density at radius 3 is 2.69 bits per heavy atom. The van der Waals surface area contributed by atoms with Crippen molar-refractivity contribution in [3.63, 3.8) is 0 Å². The first-order valence-corrected chi connectivity index (χ1v) is 8.42. The second kappa shape index (κ2) is 6.60. The third-order valence-electron chi connectivity index (χ3n) is 4.05. The summed E-state index contributed by atoms with van der Waals surface area (Å²) in [6.45, 7) is 2.32. The third-order valence-corrected chi connectivity index (χ3v) is 4.32. The second-order valence-corrected chi connectivity index (χ2v) is 6.16. The number of aromatic nitrogens is 6. The zero-order chi connectivity index (χ0) is 18.1. The van der Waals surface area contributed by atoms with E-state index in [1.807, 2.05) is 36.4 Å². The second-order valence-electron chi connectivity index (χ2n) is 5.77. The molecule has 3 aromatic heterocycles.